The second-order valence-electron chi connectivity index (χ2n) is 11.0. The highest BCUT2D eigenvalue weighted by Gasteiger charge is 2.32. The lowest BCUT2D eigenvalue weighted by atomic mass is 9.98. The summed E-state index contributed by atoms with van der Waals surface area (Å²) in [4.78, 5) is 17.4. The van der Waals surface area contributed by atoms with Gasteiger partial charge in [-0.3, -0.25) is 9.80 Å². The number of hydrogen-bond acceptors (Lipinski definition) is 4. The molecule has 190 valence electrons. The Bertz CT molecular complexity index is 1080. The molecule has 35 heavy (non-hydrogen) atoms. The average Bonchev–Trinajstić information content (AvgIpc) is 3.57. The first-order valence-electron chi connectivity index (χ1n) is 12.4. The summed E-state index contributed by atoms with van der Waals surface area (Å²) in [5.41, 5.74) is 2.55. The average molecular weight is 522 g/mol. The molecule has 0 bridgehead atoms. The second kappa shape index (κ2) is 10.4. The van der Waals surface area contributed by atoms with Gasteiger partial charge in [0, 0.05) is 48.3 Å². The standard InChI is InChI=1S/C28H35Cl2FN2O2/c1-17-15-32(8-9-33(17)18(2)20-10-22(29)13-23(30)11-20)16-21-12-26(31)25(14-24(21)19-6-7-19)27(34)35-28(3,4)5/h10-14,17-19H,6-9,15-16H2,1-5H3/t17-,18-/m0/s1. The summed E-state index contributed by atoms with van der Waals surface area (Å²) in [7, 11) is 0. The number of ether oxygens (including phenoxy) is 1. The van der Waals surface area contributed by atoms with Crippen LogP contribution in [0, 0.1) is 5.82 Å². The van der Waals surface area contributed by atoms with E-state index in [2.05, 4.69) is 23.6 Å². The van der Waals surface area contributed by atoms with Crippen LogP contribution in [-0.4, -0.2) is 47.0 Å². The molecule has 1 saturated carbocycles. The Morgan fingerprint density at radius 1 is 1.11 bits per heavy atom. The van der Waals surface area contributed by atoms with Crippen molar-refractivity contribution in [3.8, 4) is 0 Å². The monoisotopic (exact) mass is 520 g/mol. The molecule has 0 spiro atoms. The zero-order valence-electron chi connectivity index (χ0n) is 21.2. The van der Waals surface area contributed by atoms with Crippen LogP contribution in [0.5, 0.6) is 0 Å². The molecule has 1 saturated heterocycles. The number of halogens is 3. The zero-order valence-corrected chi connectivity index (χ0v) is 22.7. The molecule has 0 N–H and O–H groups in total. The van der Waals surface area contributed by atoms with Crippen molar-refractivity contribution < 1.29 is 13.9 Å². The Balaban J connectivity index is 1.47. The van der Waals surface area contributed by atoms with E-state index in [4.69, 9.17) is 27.9 Å². The minimum absolute atomic E-state index is 0.0396. The summed E-state index contributed by atoms with van der Waals surface area (Å²) in [6.45, 7) is 13.1. The van der Waals surface area contributed by atoms with Gasteiger partial charge in [0.25, 0.3) is 0 Å². The van der Waals surface area contributed by atoms with Crippen LogP contribution >= 0.6 is 23.2 Å². The summed E-state index contributed by atoms with van der Waals surface area (Å²) in [5, 5.41) is 1.30. The quantitative estimate of drug-likeness (QED) is 0.376. The van der Waals surface area contributed by atoms with Gasteiger partial charge >= 0.3 is 5.97 Å². The lowest BCUT2D eigenvalue weighted by molar-refractivity contribution is 0.00645. The van der Waals surface area contributed by atoms with Crippen LogP contribution in [0.4, 0.5) is 4.39 Å². The predicted molar refractivity (Wildman–Crippen MR) is 140 cm³/mol. The fourth-order valence-electron chi connectivity index (χ4n) is 5.05. The third-order valence-corrected chi connectivity index (χ3v) is 7.32. The molecule has 0 radical (unpaired) electrons. The minimum atomic E-state index is -0.661. The first kappa shape index (κ1) is 26.4. The highest BCUT2D eigenvalue weighted by Crippen LogP contribution is 2.43. The molecule has 2 aliphatic rings. The van der Waals surface area contributed by atoms with Crippen molar-refractivity contribution in [2.75, 3.05) is 19.6 Å². The van der Waals surface area contributed by atoms with Crippen LogP contribution < -0.4 is 0 Å². The molecular formula is C28H35Cl2FN2O2. The fourth-order valence-corrected chi connectivity index (χ4v) is 5.59. The van der Waals surface area contributed by atoms with E-state index in [0.29, 0.717) is 28.5 Å². The third kappa shape index (κ3) is 6.56. The summed E-state index contributed by atoms with van der Waals surface area (Å²) in [5.74, 6) is -0.698. The molecule has 2 aromatic carbocycles. The fraction of sp³-hybridized carbons (Fsp3) is 0.536. The van der Waals surface area contributed by atoms with E-state index in [0.717, 1.165) is 49.2 Å². The zero-order chi connectivity index (χ0) is 25.5. The number of nitrogens with zero attached hydrogens (tertiary/aromatic N) is 2. The topological polar surface area (TPSA) is 32.8 Å². The van der Waals surface area contributed by atoms with Gasteiger partial charge < -0.3 is 4.74 Å². The molecular weight excluding hydrogens is 486 g/mol. The number of carbonyl (C=O) groups excluding carboxylic acids is 1. The maximum atomic E-state index is 15.0. The predicted octanol–water partition coefficient (Wildman–Crippen LogP) is 7.23. The molecule has 0 amide bonds. The first-order chi connectivity index (χ1) is 16.4. The maximum absolute atomic E-state index is 15.0. The smallest absolute Gasteiger partial charge is 0.341 e. The number of benzene rings is 2. The van der Waals surface area contributed by atoms with Crippen molar-refractivity contribution >= 4 is 29.2 Å². The Morgan fingerprint density at radius 2 is 1.77 bits per heavy atom. The van der Waals surface area contributed by atoms with Gasteiger partial charge in [-0.1, -0.05) is 23.2 Å². The lowest BCUT2D eigenvalue weighted by Gasteiger charge is -2.43. The number of esters is 1. The second-order valence-corrected chi connectivity index (χ2v) is 11.9. The van der Waals surface area contributed by atoms with E-state index in [1.807, 2.05) is 12.1 Å². The number of carbonyl (C=O) groups is 1. The van der Waals surface area contributed by atoms with Gasteiger partial charge in [-0.05, 0) is 100 Å². The van der Waals surface area contributed by atoms with Crippen molar-refractivity contribution in [2.45, 2.75) is 77.6 Å². The molecule has 4 rings (SSSR count). The normalized spacial score (nSPS) is 20.6. The van der Waals surface area contributed by atoms with Crippen LogP contribution in [0.1, 0.15) is 86.5 Å². The highest BCUT2D eigenvalue weighted by molar-refractivity contribution is 6.34. The molecule has 2 atom stereocenters. The number of rotatable bonds is 6. The molecule has 4 nitrogen and oxygen atoms in total. The van der Waals surface area contributed by atoms with Gasteiger partial charge in [-0.2, -0.15) is 0 Å². The van der Waals surface area contributed by atoms with Gasteiger partial charge in [0.15, 0.2) is 0 Å². The van der Waals surface area contributed by atoms with Crippen molar-refractivity contribution in [2.24, 2.45) is 0 Å². The number of piperazine rings is 1. The summed E-state index contributed by atoms with van der Waals surface area (Å²) < 4.78 is 20.5. The van der Waals surface area contributed by atoms with Crippen LogP contribution in [0.2, 0.25) is 10.0 Å². The highest BCUT2D eigenvalue weighted by atomic mass is 35.5. The van der Waals surface area contributed by atoms with E-state index in [9.17, 15) is 4.79 Å². The molecule has 1 aliphatic heterocycles. The van der Waals surface area contributed by atoms with Crippen LogP contribution in [0.15, 0.2) is 30.3 Å². The number of hydrogen-bond donors (Lipinski definition) is 0. The van der Waals surface area contributed by atoms with Crippen molar-refractivity contribution in [1.29, 1.82) is 0 Å². The summed E-state index contributed by atoms with van der Waals surface area (Å²) in [6, 6.07) is 9.51. The van der Waals surface area contributed by atoms with Gasteiger partial charge in [-0.25, -0.2) is 9.18 Å². The van der Waals surface area contributed by atoms with Gasteiger partial charge in [-0.15, -0.1) is 0 Å². The Hall–Kier alpha value is -1.66. The molecule has 2 fully saturated rings. The molecule has 7 heteroatoms. The van der Waals surface area contributed by atoms with E-state index < -0.39 is 17.4 Å². The van der Waals surface area contributed by atoms with Gasteiger partial charge in [0.05, 0.1) is 5.56 Å². The molecule has 0 aromatic heterocycles. The molecule has 1 heterocycles. The SMILES string of the molecule is C[C@H]1CN(Cc2cc(F)c(C(=O)OC(C)(C)C)cc2C2CC2)CCN1[C@@H](C)c1cc(Cl)cc(Cl)c1. The Morgan fingerprint density at radius 3 is 2.34 bits per heavy atom. The maximum Gasteiger partial charge on any atom is 0.341 e. The van der Waals surface area contributed by atoms with Crippen LogP contribution in [0.3, 0.4) is 0 Å². The Kier molecular flexibility index (Phi) is 7.82. The van der Waals surface area contributed by atoms with Crippen LogP contribution in [0.25, 0.3) is 0 Å². The molecule has 0 unspecified atom stereocenters. The summed E-state index contributed by atoms with van der Waals surface area (Å²) in [6.07, 6.45) is 2.16. The largest absolute Gasteiger partial charge is 0.456 e. The third-order valence-electron chi connectivity index (χ3n) is 6.89. The van der Waals surface area contributed by atoms with Crippen molar-refractivity contribution in [1.82, 2.24) is 9.80 Å². The first-order valence-corrected chi connectivity index (χ1v) is 13.2. The van der Waals surface area contributed by atoms with Gasteiger partial charge in [0.1, 0.15) is 11.4 Å². The van der Waals surface area contributed by atoms with E-state index in [1.54, 1.807) is 39.0 Å². The summed E-state index contributed by atoms with van der Waals surface area (Å²) >= 11 is 12.5. The van der Waals surface area contributed by atoms with E-state index >= 15 is 4.39 Å². The van der Waals surface area contributed by atoms with E-state index in [1.165, 1.54) is 0 Å². The molecule has 2 aromatic rings. The van der Waals surface area contributed by atoms with E-state index in [-0.39, 0.29) is 11.6 Å². The van der Waals surface area contributed by atoms with Gasteiger partial charge in [0.2, 0.25) is 0 Å². The minimum Gasteiger partial charge on any atom is -0.456 e. The lowest BCUT2D eigenvalue weighted by Crippen LogP contribution is -2.52. The van der Waals surface area contributed by atoms with Crippen molar-refractivity contribution in [3.05, 3.63) is 68.4 Å². The van der Waals surface area contributed by atoms with Crippen LogP contribution in [-0.2, 0) is 11.3 Å². The Labute approximate surface area is 218 Å². The van der Waals surface area contributed by atoms with Crippen molar-refractivity contribution in [3.63, 3.8) is 0 Å². The molecule has 1 aliphatic carbocycles.